The van der Waals surface area contributed by atoms with Crippen LogP contribution in [0.4, 0.5) is 0 Å². The van der Waals surface area contributed by atoms with Crippen molar-refractivity contribution in [2.75, 3.05) is 0 Å². The molecule has 0 saturated heterocycles. The molecule has 2 aromatic carbocycles. The molecule has 0 bridgehead atoms. The Balaban J connectivity index is 2.60. The van der Waals surface area contributed by atoms with Gasteiger partial charge >= 0.3 is 5.97 Å². The summed E-state index contributed by atoms with van der Waals surface area (Å²) in [6.45, 7) is 3.65. The van der Waals surface area contributed by atoms with Gasteiger partial charge in [0.15, 0.2) is 0 Å². The van der Waals surface area contributed by atoms with Gasteiger partial charge in [-0.05, 0) is 42.3 Å². The van der Waals surface area contributed by atoms with Crippen molar-refractivity contribution in [3.63, 3.8) is 0 Å². The molecule has 0 spiro atoms. The second-order valence-electron chi connectivity index (χ2n) is 4.38. The van der Waals surface area contributed by atoms with Crippen LogP contribution in [-0.4, -0.2) is 21.3 Å². The summed E-state index contributed by atoms with van der Waals surface area (Å²) in [5.74, 6) is -1.19. The summed E-state index contributed by atoms with van der Waals surface area (Å²) in [6.07, 6.45) is 2.34. The van der Waals surface area contributed by atoms with Crippen LogP contribution >= 0.6 is 0 Å². The molecule has 0 amide bonds. The first-order chi connectivity index (χ1) is 9.52. The molecule has 2 aromatic rings. The predicted octanol–water partition coefficient (Wildman–Crippen LogP) is 3.19. The Labute approximate surface area is 116 Å². The van der Waals surface area contributed by atoms with Gasteiger partial charge in [-0.15, -0.1) is 6.58 Å². The number of allylic oxidation sites excluding steroid dienone is 1. The van der Waals surface area contributed by atoms with Gasteiger partial charge in [-0.25, -0.2) is 4.79 Å². The zero-order valence-electron chi connectivity index (χ0n) is 10.7. The standard InChI is InChI=1S/C16H14O4/c1-2-3-10-4-6-14(17)12(8-10)13-9-11(16(19)20)5-7-15(13)18/h2,4-9,17-18H,1,3H2,(H,19,20). The normalized spacial score (nSPS) is 10.2. The molecule has 0 radical (unpaired) electrons. The lowest BCUT2D eigenvalue weighted by molar-refractivity contribution is 0.0697. The first kappa shape index (κ1) is 13.7. The van der Waals surface area contributed by atoms with Crippen LogP contribution in [0.15, 0.2) is 49.1 Å². The molecule has 0 aliphatic carbocycles. The van der Waals surface area contributed by atoms with Gasteiger partial charge in [-0.3, -0.25) is 0 Å². The largest absolute Gasteiger partial charge is 0.507 e. The quantitative estimate of drug-likeness (QED) is 0.745. The van der Waals surface area contributed by atoms with E-state index >= 15 is 0 Å². The number of carboxylic acid groups (broad SMARTS) is 1. The number of hydrogen-bond donors (Lipinski definition) is 3. The molecule has 0 unspecified atom stereocenters. The van der Waals surface area contributed by atoms with E-state index in [1.54, 1.807) is 18.2 Å². The molecule has 0 aliphatic rings. The van der Waals surface area contributed by atoms with E-state index in [4.69, 9.17) is 5.11 Å². The van der Waals surface area contributed by atoms with E-state index in [1.807, 2.05) is 0 Å². The number of aromatic carboxylic acids is 1. The summed E-state index contributed by atoms with van der Waals surface area (Å²) in [7, 11) is 0. The van der Waals surface area contributed by atoms with Crippen LogP contribution in [0.5, 0.6) is 11.5 Å². The number of phenols is 2. The molecule has 4 heteroatoms. The Morgan fingerprint density at radius 2 is 1.65 bits per heavy atom. The van der Waals surface area contributed by atoms with Crippen LogP contribution in [-0.2, 0) is 6.42 Å². The highest BCUT2D eigenvalue weighted by Crippen LogP contribution is 2.36. The Morgan fingerprint density at radius 1 is 1.05 bits per heavy atom. The van der Waals surface area contributed by atoms with Crippen molar-refractivity contribution >= 4 is 5.97 Å². The molecule has 0 aliphatic heterocycles. The van der Waals surface area contributed by atoms with Crippen molar-refractivity contribution in [1.82, 2.24) is 0 Å². The summed E-state index contributed by atoms with van der Waals surface area (Å²) in [5.41, 5.74) is 1.64. The molecule has 0 aromatic heterocycles. The fourth-order valence-corrected chi connectivity index (χ4v) is 1.98. The molecule has 4 nitrogen and oxygen atoms in total. The van der Waals surface area contributed by atoms with Gasteiger partial charge < -0.3 is 15.3 Å². The monoisotopic (exact) mass is 270 g/mol. The minimum Gasteiger partial charge on any atom is -0.507 e. The molecule has 0 fully saturated rings. The Kier molecular flexibility index (Phi) is 3.75. The van der Waals surface area contributed by atoms with Gasteiger partial charge in [0.1, 0.15) is 11.5 Å². The number of phenolic OH excluding ortho intramolecular Hbond substituents is 2. The van der Waals surface area contributed by atoms with Gasteiger partial charge in [0.2, 0.25) is 0 Å². The van der Waals surface area contributed by atoms with E-state index in [0.717, 1.165) is 5.56 Å². The fraction of sp³-hybridized carbons (Fsp3) is 0.0625. The fourth-order valence-electron chi connectivity index (χ4n) is 1.98. The second-order valence-corrected chi connectivity index (χ2v) is 4.38. The molecule has 102 valence electrons. The lowest BCUT2D eigenvalue weighted by atomic mass is 9.98. The van der Waals surface area contributed by atoms with Crippen LogP contribution < -0.4 is 0 Å². The Hall–Kier alpha value is -2.75. The summed E-state index contributed by atoms with van der Waals surface area (Å²) in [6, 6.07) is 8.92. The molecular weight excluding hydrogens is 256 g/mol. The lowest BCUT2D eigenvalue weighted by Gasteiger charge is -2.10. The van der Waals surface area contributed by atoms with Crippen LogP contribution in [0.1, 0.15) is 15.9 Å². The molecule has 2 rings (SSSR count). The van der Waals surface area contributed by atoms with Crippen LogP contribution in [0, 0.1) is 0 Å². The van der Waals surface area contributed by atoms with Crippen LogP contribution in [0.2, 0.25) is 0 Å². The minimum atomic E-state index is -1.09. The summed E-state index contributed by atoms with van der Waals surface area (Å²) in [4.78, 5) is 11.0. The van der Waals surface area contributed by atoms with Crippen molar-refractivity contribution < 1.29 is 20.1 Å². The first-order valence-electron chi connectivity index (χ1n) is 6.02. The van der Waals surface area contributed by atoms with Crippen molar-refractivity contribution in [3.05, 3.63) is 60.2 Å². The van der Waals surface area contributed by atoms with E-state index < -0.39 is 5.97 Å². The molecule has 0 saturated carbocycles. The maximum absolute atomic E-state index is 11.0. The zero-order valence-corrected chi connectivity index (χ0v) is 10.7. The summed E-state index contributed by atoms with van der Waals surface area (Å²) >= 11 is 0. The number of benzene rings is 2. The molecule has 20 heavy (non-hydrogen) atoms. The summed E-state index contributed by atoms with van der Waals surface area (Å²) < 4.78 is 0. The lowest BCUT2D eigenvalue weighted by Crippen LogP contribution is -1.96. The van der Waals surface area contributed by atoms with Crippen LogP contribution in [0.25, 0.3) is 11.1 Å². The van der Waals surface area contributed by atoms with E-state index in [-0.39, 0.29) is 22.6 Å². The van der Waals surface area contributed by atoms with E-state index in [9.17, 15) is 15.0 Å². The van der Waals surface area contributed by atoms with Crippen molar-refractivity contribution in [2.45, 2.75) is 6.42 Å². The molecule has 0 heterocycles. The highest BCUT2D eigenvalue weighted by Gasteiger charge is 2.13. The van der Waals surface area contributed by atoms with Gasteiger partial charge in [0.25, 0.3) is 0 Å². The van der Waals surface area contributed by atoms with Crippen LogP contribution in [0.3, 0.4) is 0 Å². The number of rotatable bonds is 4. The number of carboxylic acids is 1. The zero-order chi connectivity index (χ0) is 14.7. The van der Waals surface area contributed by atoms with E-state index in [1.165, 1.54) is 24.3 Å². The van der Waals surface area contributed by atoms with Gasteiger partial charge in [0.05, 0.1) is 5.56 Å². The third kappa shape index (κ3) is 2.64. The third-order valence-electron chi connectivity index (χ3n) is 2.97. The third-order valence-corrected chi connectivity index (χ3v) is 2.97. The number of carbonyl (C=O) groups is 1. The first-order valence-corrected chi connectivity index (χ1v) is 6.02. The predicted molar refractivity (Wildman–Crippen MR) is 76.1 cm³/mol. The highest BCUT2D eigenvalue weighted by molar-refractivity contribution is 5.91. The van der Waals surface area contributed by atoms with Crippen molar-refractivity contribution in [1.29, 1.82) is 0 Å². The molecule has 0 atom stereocenters. The number of aromatic hydroxyl groups is 2. The maximum Gasteiger partial charge on any atom is 0.335 e. The van der Waals surface area contributed by atoms with Gasteiger partial charge in [-0.2, -0.15) is 0 Å². The Bertz CT molecular complexity index is 674. The summed E-state index contributed by atoms with van der Waals surface area (Å²) in [5, 5.41) is 28.8. The minimum absolute atomic E-state index is 0.0179. The van der Waals surface area contributed by atoms with Crippen molar-refractivity contribution in [2.24, 2.45) is 0 Å². The topological polar surface area (TPSA) is 77.8 Å². The van der Waals surface area contributed by atoms with Crippen molar-refractivity contribution in [3.8, 4) is 22.6 Å². The van der Waals surface area contributed by atoms with E-state index in [0.29, 0.717) is 12.0 Å². The van der Waals surface area contributed by atoms with E-state index in [2.05, 4.69) is 6.58 Å². The average Bonchev–Trinajstić information content (AvgIpc) is 2.42. The second kappa shape index (κ2) is 5.48. The van der Waals surface area contributed by atoms with Gasteiger partial charge in [-0.1, -0.05) is 12.1 Å². The maximum atomic E-state index is 11.0. The SMILES string of the molecule is C=CCc1ccc(O)c(-c2cc(C(=O)O)ccc2O)c1. The smallest absolute Gasteiger partial charge is 0.335 e. The molecule has 3 N–H and O–H groups in total. The average molecular weight is 270 g/mol. The number of hydrogen-bond acceptors (Lipinski definition) is 3. The molecular formula is C16H14O4. The highest BCUT2D eigenvalue weighted by atomic mass is 16.4. The Morgan fingerprint density at radius 3 is 2.25 bits per heavy atom. The van der Waals surface area contributed by atoms with Gasteiger partial charge in [0, 0.05) is 11.1 Å².